The molecule has 0 aliphatic heterocycles. The van der Waals surface area contributed by atoms with Crippen molar-refractivity contribution in [2.24, 2.45) is 0 Å². The van der Waals surface area contributed by atoms with Gasteiger partial charge < -0.3 is 15.4 Å². The van der Waals surface area contributed by atoms with Crippen LogP contribution in [0.5, 0.6) is 5.75 Å². The molecule has 3 aromatic carbocycles. The number of carbonyl (C=O) groups is 1. The molecule has 2 N–H and O–H groups in total. The first-order valence-corrected chi connectivity index (χ1v) is 9.93. The van der Waals surface area contributed by atoms with Crippen LogP contribution in [0.3, 0.4) is 0 Å². The van der Waals surface area contributed by atoms with Crippen molar-refractivity contribution >= 4 is 28.7 Å². The van der Waals surface area contributed by atoms with Crippen LogP contribution in [-0.2, 0) is 0 Å². The number of benzene rings is 3. The molecule has 0 aliphatic carbocycles. The summed E-state index contributed by atoms with van der Waals surface area (Å²) in [6.45, 7) is 0. The first-order chi connectivity index (χ1) is 14.2. The van der Waals surface area contributed by atoms with E-state index in [4.69, 9.17) is 9.72 Å². The van der Waals surface area contributed by atoms with Gasteiger partial charge in [0.25, 0.3) is 0 Å². The van der Waals surface area contributed by atoms with E-state index in [1.807, 2.05) is 47.8 Å². The molecule has 1 aromatic heterocycles. The van der Waals surface area contributed by atoms with E-state index in [1.54, 1.807) is 42.7 Å². The number of carbonyl (C=O) groups excluding carboxylic acids is 1. The average Bonchev–Trinajstić information content (AvgIpc) is 3.26. The number of urea groups is 1. The predicted octanol–water partition coefficient (Wildman–Crippen LogP) is 6.13. The molecular weight excluding hydrogens is 382 g/mol. The Morgan fingerprint density at radius 3 is 2.07 bits per heavy atom. The summed E-state index contributed by atoms with van der Waals surface area (Å²) in [5.41, 5.74) is 4.43. The Morgan fingerprint density at radius 2 is 1.45 bits per heavy atom. The molecule has 0 saturated carbocycles. The Balaban J connectivity index is 1.40. The van der Waals surface area contributed by atoms with Gasteiger partial charge in [0.1, 0.15) is 10.8 Å². The summed E-state index contributed by atoms with van der Waals surface area (Å²) in [5, 5.41) is 8.65. The molecule has 0 aliphatic rings. The molecule has 0 atom stereocenters. The van der Waals surface area contributed by atoms with Gasteiger partial charge in [-0.05, 0) is 36.4 Å². The molecule has 29 heavy (non-hydrogen) atoms. The quantitative estimate of drug-likeness (QED) is 0.423. The van der Waals surface area contributed by atoms with Crippen LogP contribution in [0.1, 0.15) is 0 Å². The topological polar surface area (TPSA) is 63.2 Å². The van der Waals surface area contributed by atoms with Gasteiger partial charge in [-0.3, -0.25) is 0 Å². The molecular formula is C23H19N3O2S. The minimum atomic E-state index is -0.303. The lowest BCUT2D eigenvalue weighted by molar-refractivity contribution is 0.262. The number of aromatic nitrogens is 1. The predicted molar refractivity (Wildman–Crippen MR) is 119 cm³/mol. The number of thiazole rings is 1. The van der Waals surface area contributed by atoms with Crippen LogP contribution in [-0.4, -0.2) is 18.1 Å². The lowest BCUT2D eigenvalue weighted by Gasteiger charge is -2.08. The number of ether oxygens (including phenoxy) is 1. The van der Waals surface area contributed by atoms with Crippen molar-refractivity contribution in [3.8, 4) is 27.6 Å². The van der Waals surface area contributed by atoms with Gasteiger partial charge in [0.2, 0.25) is 0 Å². The van der Waals surface area contributed by atoms with E-state index in [1.165, 1.54) is 0 Å². The second-order valence-electron chi connectivity index (χ2n) is 6.29. The van der Waals surface area contributed by atoms with E-state index >= 15 is 0 Å². The van der Waals surface area contributed by atoms with E-state index in [0.717, 1.165) is 27.6 Å². The van der Waals surface area contributed by atoms with Crippen molar-refractivity contribution < 1.29 is 9.53 Å². The number of hydrogen-bond acceptors (Lipinski definition) is 4. The first kappa shape index (κ1) is 18.7. The molecule has 0 fully saturated rings. The highest BCUT2D eigenvalue weighted by atomic mass is 32.1. The van der Waals surface area contributed by atoms with Gasteiger partial charge in [0.05, 0.1) is 12.8 Å². The van der Waals surface area contributed by atoms with Crippen molar-refractivity contribution in [1.82, 2.24) is 4.98 Å². The molecule has 144 valence electrons. The fourth-order valence-electron chi connectivity index (χ4n) is 2.81. The molecule has 4 rings (SSSR count). The van der Waals surface area contributed by atoms with Crippen molar-refractivity contribution in [1.29, 1.82) is 0 Å². The maximum Gasteiger partial charge on any atom is 0.323 e. The maximum absolute atomic E-state index is 12.2. The molecule has 0 spiro atoms. The van der Waals surface area contributed by atoms with Crippen molar-refractivity contribution in [2.45, 2.75) is 0 Å². The summed E-state index contributed by atoms with van der Waals surface area (Å²) in [4.78, 5) is 16.9. The third kappa shape index (κ3) is 4.62. The lowest BCUT2D eigenvalue weighted by Crippen LogP contribution is -2.19. The molecule has 0 unspecified atom stereocenters. The normalized spacial score (nSPS) is 10.4. The molecule has 2 amide bonds. The van der Waals surface area contributed by atoms with Crippen LogP contribution in [0, 0.1) is 0 Å². The molecule has 0 bridgehead atoms. The minimum absolute atomic E-state index is 0.303. The lowest BCUT2D eigenvalue weighted by atomic mass is 10.1. The monoisotopic (exact) mass is 401 g/mol. The van der Waals surface area contributed by atoms with Gasteiger partial charge in [0, 0.05) is 27.9 Å². The summed E-state index contributed by atoms with van der Waals surface area (Å²) < 4.78 is 5.11. The standard InChI is InChI=1S/C23H19N3O2S/c1-28-20-13-11-19(12-14-20)25-23(27)24-18-9-7-16(8-10-18)21-15-29-22(26-21)17-5-3-2-4-6-17/h2-15H,1H3,(H2,24,25,27). The van der Waals surface area contributed by atoms with E-state index in [0.29, 0.717) is 11.4 Å². The van der Waals surface area contributed by atoms with E-state index in [2.05, 4.69) is 22.8 Å². The summed E-state index contributed by atoms with van der Waals surface area (Å²) in [7, 11) is 1.60. The number of nitrogens with one attached hydrogen (secondary N) is 2. The fourth-order valence-corrected chi connectivity index (χ4v) is 3.65. The third-order valence-electron chi connectivity index (χ3n) is 4.31. The molecule has 5 nitrogen and oxygen atoms in total. The van der Waals surface area contributed by atoms with Crippen LogP contribution in [0.4, 0.5) is 16.2 Å². The molecule has 0 saturated heterocycles. The van der Waals surface area contributed by atoms with Crippen molar-refractivity contribution in [2.75, 3.05) is 17.7 Å². The van der Waals surface area contributed by atoms with Gasteiger partial charge in [-0.1, -0.05) is 42.5 Å². The second kappa shape index (κ2) is 8.58. The zero-order valence-electron chi connectivity index (χ0n) is 15.8. The highest BCUT2D eigenvalue weighted by Gasteiger charge is 2.08. The van der Waals surface area contributed by atoms with E-state index in [-0.39, 0.29) is 6.03 Å². The van der Waals surface area contributed by atoms with Gasteiger partial charge in [-0.15, -0.1) is 11.3 Å². The van der Waals surface area contributed by atoms with Crippen LogP contribution in [0.25, 0.3) is 21.8 Å². The molecule has 1 heterocycles. The van der Waals surface area contributed by atoms with Gasteiger partial charge >= 0.3 is 6.03 Å². The maximum atomic E-state index is 12.2. The summed E-state index contributed by atoms with van der Waals surface area (Å²) in [6.07, 6.45) is 0. The number of amides is 2. The summed E-state index contributed by atoms with van der Waals surface area (Å²) in [5.74, 6) is 0.740. The SMILES string of the molecule is COc1ccc(NC(=O)Nc2ccc(-c3csc(-c4ccccc4)n3)cc2)cc1. The number of rotatable bonds is 5. The fraction of sp³-hybridized carbons (Fsp3) is 0.0435. The number of nitrogens with zero attached hydrogens (tertiary/aromatic N) is 1. The van der Waals surface area contributed by atoms with Crippen LogP contribution in [0.2, 0.25) is 0 Å². The van der Waals surface area contributed by atoms with E-state index < -0.39 is 0 Å². The van der Waals surface area contributed by atoms with E-state index in [9.17, 15) is 4.79 Å². The van der Waals surface area contributed by atoms with Crippen molar-refractivity contribution in [3.63, 3.8) is 0 Å². The zero-order valence-corrected chi connectivity index (χ0v) is 16.6. The Morgan fingerprint density at radius 1 is 0.828 bits per heavy atom. The largest absolute Gasteiger partial charge is 0.497 e. The summed E-state index contributed by atoms with van der Waals surface area (Å²) >= 11 is 1.62. The second-order valence-corrected chi connectivity index (χ2v) is 7.15. The van der Waals surface area contributed by atoms with Crippen LogP contribution >= 0.6 is 11.3 Å². The van der Waals surface area contributed by atoms with Gasteiger partial charge in [0.15, 0.2) is 0 Å². The molecule has 6 heteroatoms. The summed E-state index contributed by atoms with van der Waals surface area (Å²) in [6, 6.07) is 24.6. The molecule has 4 aromatic rings. The smallest absolute Gasteiger partial charge is 0.323 e. The highest BCUT2D eigenvalue weighted by Crippen LogP contribution is 2.29. The minimum Gasteiger partial charge on any atom is -0.497 e. The average molecular weight is 401 g/mol. The van der Waals surface area contributed by atoms with Crippen molar-refractivity contribution in [3.05, 3.63) is 84.2 Å². The van der Waals surface area contributed by atoms with Gasteiger partial charge in [-0.2, -0.15) is 0 Å². The number of anilines is 2. The Hall–Kier alpha value is -3.64. The third-order valence-corrected chi connectivity index (χ3v) is 5.20. The van der Waals surface area contributed by atoms with Crippen LogP contribution < -0.4 is 15.4 Å². The Labute approximate surface area is 173 Å². The highest BCUT2D eigenvalue weighted by molar-refractivity contribution is 7.13. The zero-order chi connectivity index (χ0) is 20.1. The number of hydrogen-bond donors (Lipinski definition) is 2. The van der Waals surface area contributed by atoms with Crippen LogP contribution in [0.15, 0.2) is 84.2 Å². The first-order valence-electron chi connectivity index (χ1n) is 9.05. The Kier molecular flexibility index (Phi) is 5.54. The van der Waals surface area contributed by atoms with Gasteiger partial charge in [-0.25, -0.2) is 9.78 Å². The molecule has 0 radical (unpaired) electrons. The Bertz CT molecular complexity index is 1090. The number of methoxy groups -OCH3 is 1.